The van der Waals surface area contributed by atoms with Gasteiger partial charge in [0.15, 0.2) is 5.82 Å². The molecule has 0 saturated carbocycles. The van der Waals surface area contributed by atoms with Crippen molar-refractivity contribution in [2.45, 2.75) is 25.3 Å². The molecular weight excluding hydrogens is 202 g/mol. The van der Waals surface area contributed by atoms with E-state index in [0.29, 0.717) is 0 Å². The molecule has 16 heavy (non-hydrogen) atoms. The summed E-state index contributed by atoms with van der Waals surface area (Å²) in [5.74, 6) is 0.902. The molecule has 0 fully saturated rings. The Morgan fingerprint density at radius 3 is 3.19 bits per heavy atom. The van der Waals surface area contributed by atoms with E-state index in [4.69, 9.17) is 5.73 Å². The lowest BCUT2D eigenvalue weighted by Gasteiger charge is -2.15. The number of fused-ring (bicyclic) bond motifs is 1. The van der Waals surface area contributed by atoms with Crippen LogP contribution in [0.1, 0.15) is 17.8 Å². The number of hydrogen-bond acceptors (Lipinski definition) is 3. The SMILES string of the molecule is Cn1nccc1-c1nc2c([nH]1)CC(N)CC2. The number of aromatic amines is 1. The summed E-state index contributed by atoms with van der Waals surface area (Å²) in [4.78, 5) is 7.97. The first kappa shape index (κ1) is 9.59. The summed E-state index contributed by atoms with van der Waals surface area (Å²) >= 11 is 0. The first-order chi connectivity index (χ1) is 7.74. The van der Waals surface area contributed by atoms with E-state index in [1.54, 1.807) is 6.20 Å². The van der Waals surface area contributed by atoms with Crippen molar-refractivity contribution in [2.24, 2.45) is 12.8 Å². The molecular formula is C11H15N5. The lowest BCUT2D eigenvalue weighted by atomic mass is 9.97. The van der Waals surface area contributed by atoms with Crippen LogP contribution in [0.4, 0.5) is 0 Å². The third-order valence-electron chi connectivity index (χ3n) is 3.15. The molecule has 0 aromatic carbocycles. The molecule has 84 valence electrons. The maximum absolute atomic E-state index is 5.94. The number of nitrogens with one attached hydrogen (secondary N) is 1. The summed E-state index contributed by atoms with van der Waals surface area (Å²) in [7, 11) is 1.92. The summed E-state index contributed by atoms with van der Waals surface area (Å²) < 4.78 is 1.82. The topological polar surface area (TPSA) is 72.5 Å². The maximum atomic E-state index is 5.94. The van der Waals surface area contributed by atoms with E-state index in [9.17, 15) is 0 Å². The highest BCUT2D eigenvalue weighted by atomic mass is 15.3. The van der Waals surface area contributed by atoms with Crippen LogP contribution in [-0.4, -0.2) is 25.8 Å². The van der Waals surface area contributed by atoms with Crippen LogP contribution in [0.25, 0.3) is 11.5 Å². The third kappa shape index (κ3) is 1.44. The zero-order valence-corrected chi connectivity index (χ0v) is 9.27. The molecule has 5 nitrogen and oxygen atoms in total. The van der Waals surface area contributed by atoms with Crippen molar-refractivity contribution in [3.63, 3.8) is 0 Å². The molecule has 1 aliphatic rings. The number of imidazole rings is 1. The Morgan fingerprint density at radius 1 is 1.56 bits per heavy atom. The number of rotatable bonds is 1. The van der Waals surface area contributed by atoms with Gasteiger partial charge in [0.05, 0.1) is 5.69 Å². The van der Waals surface area contributed by atoms with Crippen molar-refractivity contribution in [1.29, 1.82) is 0 Å². The van der Waals surface area contributed by atoms with Gasteiger partial charge in [0.2, 0.25) is 0 Å². The predicted octanol–water partition coefficient (Wildman–Crippen LogP) is 0.626. The molecule has 2 aromatic rings. The summed E-state index contributed by atoms with van der Waals surface area (Å²) in [6.07, 6.45) is 4.69. The number of aromatic nitrogens is 4. The molecule has 5 heteroatoms. The Morgan fingerprint density at radius 2 is 2.44 bits per heavy atom. The number of H-pyrrole nitrogens is 1. The van der Waals surface area contributed by atoms with Gasteiger partial charge in [-0.15, -0.1) is 0 Å². The highest BCUT2D eigenvalue weighted by Crippen LogP contribution is 2.23. The molecule has 0 spiro atoms. The van der Waals surface area contributed by atoms with Crippen LogP contribution < -0.4 is 5.73 Å². The van der Waals surface area contributed by atoms with Gasteiger partial charge < -0.3 is 10.7 Å². The molecule has 2 aromatic heterocycles. The predicted molar refractivity (Wildman–Crippen MR) is 60.8 cm³/mol. The van der Waals surface area contributed by atoms with Crippen molar-refractivity contribution >= 4 is 0 Å². The molecule has 0 saturated heterocycles. The summed E-state index contributed by atoms with van der Waals surface area (Å²) in [6.45, 7) is 0. The fourth-order valence-corrected chi connectivity index (χ4v) is 2.23. The number of nitrogens with zero attached hydrogens (tertiary/aromatic N) is 3. The molecule has 1 unspecified atom stereocenters. The summed E-state index contributed by atoms with van der Waals surface area (Å²) in [5, 5.41) is 4.15. The van der Waals surface area contributed by atoms with Crippen LogP contribution in [0.15, 0.2) is 12.3 Å². The van der Waals surface area contributed by atoms with E-state index >= 15 is 0 Å². The van der Waals surface area contributed by atoms with Crippen molar-refractivity contribution in [1.82, 2.24) is 19.7 Å². The first-order valence-electron chi connectivity index (χ1n) is 5.56. The van der Waals surface area contributed by atoms with Gasteiger partial charge in [-0.2, -0.15) is 5.10 Å². The molecule has 2 heterocycles. The van der Waals surface area contributed by atoms with Gasteiger partial charge in [-0.1, -0.05) is 0 Å². The number of hydrogen-bond donors (Lipinski definition) is 2. The second-order valence-corrected chi connectivity index (χ2v) is 4.35. The molecule has 0 amide bonds. The van der Waals surface area contributed by atoms with Crippen molar-refractivity contribution in [3.05, 3.63) is 23.7 Å². The smallest absolute Gasteiger partial charge is 0.156 e. The van der Waals surface area contributed by atoms with Gasteiger partial charge in [0.25, 0.3) is 0 Å². The highest BCUT2D eigenvalue weighted by Gasteiger charge is 2.20. The Kier molecular flexibility index (Phi) is 2.07. The Bertz CT molecular complexity index is 510. The Balaban J connectivity index is 2.02. The van der Waals surface area contributed by atoms with E-state index < -0.39 is 0 Å². The van der Waals surface area contributed by atoms with Gasteiger partial charge in [-0.25, -0.2) is 4.98 Å². The second-order valence-electron chi connectivity index (χ2n) is 4.35. The van der Waals surface area contributed by atoms with E-state index in [1.807, 2.05) is 17.8 Å². The van der Waals surface area contributed by atoms with Gasteiger partial charge in [0.1, 0.15) is 5.69 Å². The largest absolute Gasteiger partial charge is 0.340 e. The molecule has 0 radical (unpaired) electrons. The average molecular weight is 217 g/mol. The number of aryl methyl sites for hydroxylation is 2. The summed E-state index contributed by atoms with van der Waals surface area (Å²) in [5.41, 5.74) is 9.31. The normalized spacial score (nSPS) is 19.8. The molecule has 1 aliphatic carbocycles. The van der Waals surface area contributed by atoms with Crippen LogP contribution >= 0.6 is 0 Å². The monoisotopic (exact) mass is 217 g/mol. The van der Waals surface area contributed by atoms with Crippen LogP contribution in [0, 0.1) is 0 Å². The van der Waals surface area contributed by atoms with Crippen LogP contribution in [-0.2, 0) is 19.9 Å². The first-order valence-corrected chi connectivity index (χ1v) is 5.56. The Labute approximate surface area is 93.7 Å². The lowest BCUT2D eigenvalue weighted by molar-refractivity contribution is 0.565. The molecule has 0 bridgehead atoms. The zero-order valence-electron chi connectivity index (χ0n) is 9.27. The Hall–Kier alpha value is -1.62. The van der Waals surface area contributed by atoms with Gasteiger partial charge in [0, 0.05) is 31.4 Å². The van der Waals surface area contributed by atoms with Crippen molar-refractivity contribution in [3.8, 4) is 11.5 Å². The van der Waals surface area contributed by atoms with Gasteiger partial charge >= 0.3 is 0 Å². The average Bonchev–Trinajstić information content (AvgIpc) is 2.82. The quantitative estimate of drug-likeness (QED) is 0.735. The fourth-order valence-electron chi connectivity index (χ4n) is 2.23. The lowest BCUT2D eigenvalue weighted by Crippen LogP contribution is -2.27. The van der Waals surface area contributed by atoms with Crippen molar-refractivity contribution in [2.75, 3.05) is 0 Å². The molecule has 1 atom stereocenters. The van der Waals surface area contributed by atoms with Crippen molar-refractivity contribution < 1.29 is 0 Å². The van der Waals surface area contributed by atoms with Gasteiger partial charge in [-0.3, -0.25) is 4.68 Å². The molecule has 0 aliphatic heterocycles. The minimum atomic E-state index is 0.271. The zero-order chi connectivity index (χ0) is 11.1. The number of nitrogens with two attached hydrogens (primary N) is 1. The minimum Gasteiger partial charge on any atom is -0.340 e. The van der Waals surface area contributed by atoms with E-state index in [-0.39, 0.29) is 6.04 Å². The molecule has 3 N–H and O–H groups in total. The minimum absolute atomic E-state index is 0.271. The second kappa shape index (κ2) is 3.45. The van der Waals surface area contributed by atoms with Crippen LogP contribution in [0.3, 0.4) is 0 Å². The van der Waals surface area contributed by atoms with Crippen LogP contribution in [0.2, 0.25) is 0 Å². The van der Waals surface area contributed by atoms with Crippen LogP contribution in [0.5, 0.6) is 0 Å². The van der Waals surface area contributed by atoms with E-state index in [2.05, 4.69) is 15.1 Å². The standard InChI is InChI=1S/C11H15N5/c1-16-10(4-5-13-16)11-14-8-3-2-7(12)6-9(8)15-11/h4-5,7H,2-3,6,12H2,1H3,(H,14,15). The van der Waals surface area contributed by atoms with Gasteiger partial charge in [-0.05, 0) is 18.9 Å². The maximum Gasteiger partial charge on any atom is 0.156 e. The summed E-state index contributed by atoms with van der Waals surface area (Å²) in [6, 6.07) is 2.23. The molecule has 3 rings (SSSR count). The highest BCUT2D eigenvalue weighted by molar-refractivity contribution is 5.50. The third-order valence-corrected chi connectivity index (χ3v) is 3.15. The fraction of sp³-hybridized carbons (Fsp3) is 0.455. The van der Waals surface area contributed by atoms with E-state index in [1.165, 1.54) is 5.69 Å². The van der Waals surface area contributed by atoms with E-state index in [0.717, 1.165) is 36.5 Å².